The van der Waals surface area contributed by atoms with Crippen molar-refractivity contribution in [3.05, 3.63) is 29.8 Å². The van der Waals surface area contributed by atoms with Crippen LogP contribution >= 0.6 is 0 Å². The summed E-state index contributed by atoms with van der Waals surface area (Å²) >= 11 is 0. The van der Waals surface area contributed by atoms with Crippen LogP contribution in [0.15, 0.2) is 18.2 Å². The molecule has 1 aromatic rings. The van der Waals surface area contributed by atoms with Gasteiger partial charge in [-0.25, -0.2) is 17.2 Å². The highest BCUT2D eigenvalue weighted by atomic mass is 32.2. The van der Waals surface area contributed by atoms with Crippen LogP contribution in [0.2, 0.25) is 0 Å². The highest BCUT2D eigenvalue weighted by Crippen LogP contribution is 2.15. The number of nitrogens with one attached hydrogen (secondary N) is 2. The van der Waals surface area contributed by atoms with Crippen LogP contribution in [0.4, 0.5) is 14.5 Å². The Kier molecular flexibility index (Phi) is 4.41. The highest BCUT2D eigenvalue weighted by Gasteiger charge is 2.20. The fourth-order valence-electron chi connectivity index (χ4n) is 1.22. The van der Waals surface area contributed by atoms with Crippen LogP contribution in [-0.2, 0) is 10.0 Å². The van der Waals surface area contributed by atoms with Gasteiger partial charge in [0, 0.05) is 12.6 Å². The molecular formula is C10H14F2N2O2S. The predicted octanol–water partition coefficient (Wildman–Crippen LogP) is 1.31. The van der Waals surface area contributed by atoms with Crippen LogP contribution in [0.1, 0.15) is 6.92 Å². The fourth-order valence-corrected chi connectivity index (χ4v) is 2.26. The molecule has 17 heavy (non-hydrogen) atoms. The molecule has 4 nitrogen and oxygen atoms in total. The van der Waals surface area contributed by atoms with Crippen LogP contribution in [-0.4, -0.2) is 27.3 Å². The third-order valence-corrected chi connectivity index (χ3v) is 3.95. The van der Waals surface area contributed by atoms with Gasteiger partial charge in [0.2, 0.25) is 10.0 Å². The Morgan fingerprint density at radius 2 is 1.94 bits per heavy atom. The van der Waals surface area contributed by atoms with Crippen molar-refractivity contribution in [3.8, 4) is 0 Å². The highest BCUT2D eigenvalue weighted by molar-refractivity contribution is 7.93. The summed E-state index contributed by atoms with van der Waals surface area (Å²) in [6, 6.07) is 2.84. The van der Waals surface area contributed by atoms with Crippen molar-refractivity contribution in [3.63, 3.8) is 0 Å². The zero-order valence-electron chi connectivity index (χ0n) is 9.50. The zero-order valence-corrected chi connectivity index (χ0v) is 10.3. The molecule has 0 radical (unpaired) electrons. The number of rotatable bonds is 5. The van der Waals surface area contributed by atoms with Crippen LogP contribution in [0.25, 0.3) is 0 Å². The molecule has 0 amide bonds. The monoisotopic (exact) mass is 264 g/mol. The first-order valence-electron chi connectivity index (χ1n) is 4.98. The number of anilines is 1. The maximum atomic E-state index is 12.9. The Bertz CT molecular complexity index is 491. The largest absolute Gasteiger partial charge is 0.318 e. The molecule has 0 saturated carbocycles. The lowest BCUT2D eigenvalue weighted by atomic mass is 10.3. The summed E-state index contributed by atoms with van der Waals surface area (Å²) in [5, 5.41) is 2.05. The van der Waals surface area contributed by atoms with Crippen LogP contribution < -0.4 is 10.0 Å². The van der Waals surface area contributed by atoms with E-state index in [1.807, 2.05) is 0 Å². The van der Waals surface area contributed by atoms with E-state index >= 15 is 0 Å². The van der Waals surface area contributed by atoms with Crippen LogP contribution in [0.3, 0.4) is 0 Å². The molecule has 1 unspecified atom stereocenters. The SMILES string of the molecule is CNCC(C)S(=O)(=O)Nc1ccc(F)c(F)c1. The van der Waals surface area contributed by atoms with Gasteiger partial charge < -0.3 is 5.32 Å². The lowest BCUT2D eigenvalue weighted by molar-refractivity contribution is 0.509. The van der Waals surface area contributed by atoms with E-state index in [0.29, 0.717) is 0 Å². The minimum atomic E-state index is -3.61. The molecule has 2 N–H and O–H groups in total. The van der Waals surface area contributed by atoms with E-state index in [4.69, 9.17) is 0 Å². The molecule has 0 aliphatic heterocycles. The second kappa shape index (κ2) is 5.42. The molecule has 96 valence electrons. The maximum absolute atomic E-state index is 12.9. The van der Waals surface area contributed by atoms with Crippen LogP contribution in [0.5, 0.6) is 0 Å². The number of hydrogen-bond acceptors (Lipinski definition) is 3. The molecule has 0 aliphatic carbocycles. The summed E-state index contributed by atoms with van der Waals surface area (Å²) < 4.78 is 51.2. The smallest absolute Gasteiger partial charge is 0.236 e. The van der Waals surface area contributed by atoms with Gasteiger partial charge in [-0.15, -0.1) is 0 Å². The van der Waals surface area contributed by atoms with Gasteiger partial charge in [-0.2, -0.15) is 0 Å². The summed E-state index contributed by atoms with van der Waals surface area (Å²) in [5.41, 5.74) is 0.00635. The fraction of sp³-hybridized carbons (Fsp3) is 0.400. The van der Waals surface area contributed by atoms with Crippen molar-refractivity contribution < 1.29 is 17.2 Å². The Hall–Kier alpha value is -1.21. The topological polar surface area (TPSA) is 58.2 Å². The number of benzene rings is 1. The molecule has 0 aliphatic rings. The summed E-state index contributed by atoms with van der Waals surface area (Å²) in [7, 11) is -1.98. The zero-order chi connectivity index (χ0) is 13.1. The Morgan fingerprint density at radius 1 is 1.29 bits per heavy atom. The molecule has 0 heterocycles. The van der Waals surface area contributed by atoms with E-state index in [2.05, 4.69) is 10.0 Å². The van der Waals surface area contributed by atoms with E-state index in [9.17, 15) is 17.2 Å². The number of hydrogen-bond donors (Lipinski definition) is 2. The van der Waals surface area contributed by atoms with Gasteiger partial charge in [0.1, 0.15) is 0 Å². The molecule has 1 aromatic carbocycles. The number of sulfonamides is 1. The van der Waals surface area contributed by atoms with Crippen LogP contribution in [0, 0.1) is 11.6 Å². The van der Waals surface area contributed by atoms with Gasteiger partial charge in [-0.3, -0.25) is 4.72 Å². The standard InChI is InChI=1S/C10H14F2N2O2S/c1-7(6-13-2)17(15,16)14-8-3-4-9(11)10(12)5-8/h3-5,7,13-14H,6H2,1-2H3. The van der Waals surface area contributed by atoms with Crippen molar-refractivity contribution in [2.75, 3.05) is 18.3 Å². The Balaban J connectivity index is 2.86. The van der Waals surface area contributed by atoms with Crippen molar-refractivity contribution in [1.29, 1.82) is 0 Å². The second-order valence-electron chi connectivity index (χ2n) is 3.64. The Morgan fingerprint density at radius 3 is 2.47 bits per heavy atom. The van der Waals surface area contributed by atoms with Gasteiger partial charge in [0.05, 0.1) is 10.9 Å². The second-order valence-corrected chi connectivity index (χ2v) is 5.74. The van der Waals surface area contributed by atoms with E-state index in [1.54, 1.807) is 7.05 Å². The molecule has 0 saturated heterocycles. The minimum Gasteiger partial charge on any atom is -0.318 e. The van der Waals surface area contributed by atoms with Gasteiger partial charge in [-0.1, -0.05) is 0 Å². The van der Waals surface area contributed by atoms with E-state index in [1.165, 1.54) is 13.0 Å². The van der Waals surface area contributed by atoms with E-state index in [0.717, 1.165) is 12.1 Å². The van der Waals surface area contributed by atoms with Gasteiger partial charge in [-0.05, 0) is 26.1 Å². The Labute approximate surface area is 99.1 Å². The molecule has 0 aromatic heterocycles. The van der Waals surface area contributed by atoms with Crippen molar-refractivity contribution in [2.45, 2.75) is 12.2 Å². The molecule has 0 spiro atoms. The first kappa shape index (κ1) is 13.9. The lowest BCUT2D eigenvalue weighted by Crippen LogP contribution is -2.33. The molecule has 1 rings (SSSR count). The minimum absolute atomic E-state index is 0.00635. The van der Waals surface area contributed by atoms with Gasteiger partial charge in [0.25, 0.3) is 0 Å². The average Bonchev–Trinajstić information content (AvgIpc) is 2.23. The maximum Gasteiger partial charge on any atom is 0.236 e. The number of halogens is 2. The van der Waals surface area contributed by atoms with Gasteiger partial charge >= 0.3 is 0 Å². The quantitative estimate of drug-likeness (QED) is 0.843. The molecular weight excluding hydrogens is 250 g/mol. The van der Waals surface area contributed by atoms with Crippen molar-refractivity contribution in [2.24, 2.45) is 0 Å². The predicted molar refractivity (Wildman–Crippen MR) is 62.3 cm³/mol. The third kappa shape index (κ3) is 3.64. The molecule has 7 heteroatoms. The molecule has 1 atom stereocenters. The summed E-state index contributed by atoms with van der Waals surface area (Å²) in [5.74, 6) is -2.11. The summed E-state index contributed by atoms with van der Waals surface area (Å²) in [4.78, 5) is 0. The normalized spacial score (nSPS) is 13.4. The van der Waals surface area contributed by atoms with E-state index < -0.39 is 26.9 Å². The molecule has 0 bridgehead atoms. The molecule has 0 fully saturated rings. The average molecular weight is 264 g/mol. The van der Waals surface area contributed by atoms with Crippen molar-refractivity contribution >= 4 is 15.7 Å². The van der Waals surface area contributed by atoms with E-state index in [-0.39, 0.29) is 12.2 Å². The first-order valence-corrected chi connectivity index (χ1v) is 6.52. The van der Waals surface area contributed by atoms with Gasteiger partial charge in [0.15, 0.2) is 11.6 Å². The summed E-state index contributed by atoms with van der Waals surface area (Å²) in [6.07, 6.45) is 0. The first-order chi connectivity index (χ1) is 7.86. The third-order valence-electron chi connectivity index (χ3n) is 2.20. The summed E-state index contributed by atoms with van der Waals surface area (Å²) in [6.45, 7) is 1.78. The van der Waals surface area contributed by atoms with Crippen molar-refractivity contribution in [1.82, 2.24) is 5.32 Å². The lowest BCUT2D eigenvalue weighted by Gasteiger charge is -2.14.